The largest absolute Gasteiger partial charge is 0.327 e. The molecule has 3 heteroatoms. The molecule has 3 nitrogen and oxygen atoms in total. The Balaban J connectivity index is 2.00. The van der Waals surface area contributed by atoms with Crippen LogP contribution in [0, 0.1) is 18.8 Å². The van der Waals surface area contributed by atoms with Gasteiger partial charge in [0.05, 0.1) is 5.69 Å². The number of aryl methyl sites for hydroxylation is 2. The summed E-state index contributed by atoms with van der Waals surface area (Å²) < 4.78 is 1.95. The molecule has 14 heavy (non-hydrogen) atoms. The fraction of sp³-hybridized carbons (Fsp3) is 0.727. The zero-order valence-corrected chi connectivity index (χ0v) is 9.20. The van der Waals surface area contributed by atoms with E-state index in [2.05, 4.69) is 18.1 Å². The van der Waals surface area contributed by atoms with Crippen molar-refractivity contribution in [2.24, 2.45) is 24.6 Å². The minimum atomic E-state index is 0.319. The van der Waals surface area contributed by atoms with Gasteiger partial charge in [-0.15, -0.1) is 0 Å². The van der Waals surface area contributed by atoms with E-state index in [0.717, 1.165) is 24.0 Å². The van der Waals surface area contributed by atoms with Crippen molar-refractivity contribution < 1.29 is 0 Å². The summed E-state index contributed by atoms with van der Waals surface area (Å²) >= 11 is 0. The first kappa shape index (κ1) is 9.71. The molecular formula is C11H19N3. The monoisotopic (exact) mass is 193 g/mol. The molecular weight excluding hydrogens is 174 g/mol. The Bertz CT molecular complexity index is 329. The van der Waals surface area contributed by atoms with Crippen molar-refractivity contribution in [3.63, 3.8) is 0 Å². The summed E-state index contributed by atoms with van der Waals surface area (Å²) in [5, 5.41) is 4.32. The topological polar surface area (TPSA) is 43.8 Å². The normalized spacial score (nSPS) is 27.7. The van der Waals surface area contributed by atoms with Gasteiger partial charge in [-0.2, -0.15) is 5.10 Å². The van der Waals surface area contributed by atoms with E-state index in [9.17, 15) is 0 Å². The van der Waals surface area contributed by atoms with E-state index >= 15 is 0 Å². The van der Waals surface area contributed by atoms with Gasteiger partial charge in [-0.3, -0.25) is 4.68 Å². The molecule has 1 saturated carbocycles. The maximum Gasteiger partial charge on any atom is 0.0596 e. The molecule has 0 spiro atoms. The second-order valence-corrected chi connectivity index (χ2v) is 4.65. The Kier molecular flexibility index (Phi) is 2.35. The first-order valence-electron chi connectivity index (χ1n) is 5.33. The standard InChI is InChI=1S/C11H19N3/c1-7-4-10(7)11(12)6-9-5-8(2)13-14(9)3/h5,7,10-11H,4,6,12H2,1-3H3. The van der Waals surface area contributed by atoms with Gasteiger partial charge >= 0.3 is 0 Å². The zero-order chi connectivity index (χ0) is 10.3. The van der Waals surface area contributed by atoms with Crippen LogP contribution in [-0.2, 0) is 13.5 Å². The van der Waals surface area contributed by atoms with Crippen LogP contribution in [0.5, 0.6) is 0 Å². The lowest BCUT2D eigenvalue weighted by atomic mass is 10.1. The van der Waals surface area contributed by atoms with E-state index in [1.54, 1.807) is 0 Å². The molecule has 1 fully saturated rings. The molecule has 3 unspecified atom stereocenters. The van der Waals surface area contributed by atoms with E-state index in [-0.39, 0.29) is 0 Å². The highest BCUT2D eigenvalue weighted by molar-refractivity contribution is 5.11. The molecule has 2 N–H and O–H groups in total. The van der Waals surface area contributed by atoms with E-state index in [1.807, 2.05) is 18.7 Å². The van der Waals surface area contributed by atoms with Crippen molar-refractivity contribution in [3.05, 3.63) is 17.5 Å². The Hall–Kier alpha value is -0.830. The van der Waals surface area contributed by atoms with Crippen LogP contribution in [0.2, 0.25) is 0 Å². The maximum absolute atomic E-state index is 6.14. The Morgan fingerprint density at radius 3 is 2.79 bits per heavy atom. The molecule has 0 bridgehead atoms. The third-order valence-electron chi connectivity index (χ3n) is 3.27. The van der Waals surface area contributed by atoms with Gasteiger partial charge < -0.3 is 5.73 Å². The third kappa shape index (κ3) is 1.82. The number of hydrogen-bond donors (Lipinski definition) is 1. The van der Waals surface area contributed by atoms with E-state index in [4.69, 9.17) is 5.73 Å². The molecule has 0 amide bonds. The van der Waals surface area contributed by atoms with Crippen molar-refractivity contribution in [3.8, 4) is 0 Å². The number of nitrogens with zero attached hydrogens (tertiary/aromatic N) is 2. The second-order valence-electron chi connectivity index (χ2n) is 4.65. The van der Waals surface area contributed by atoms with E-state index < -0.39 is 0 Å². The van der Waals surface area contributed by atoms with Crippen molar-refractivity contribution in [1.29, 1.82) is 0 Å². The van der Waals surface area contributed by atoms with Gasteiger partial charge in [-0.1, -0.05) is 6.92 Å². The number of aromatic nitrogens is 2. The van der Waals surface area contributed by atoms with Gasteiger partial charge in [0, 0.05) is 25.2 Å². The number of nitrogens with two attached hydrogens (primary N) is 1. The second kappa shape index (κ2) is 3.39. The average Bonchev–Trinajstić information content (AvgIpc) is 2.73. The quantitative estimate of drug-likeness (QED) is 0.785. The van der Waals surface area contributed by atoms with Gasteiger partial charge in [-0.05, 0) is 31.2 Å². The molecule has 1 aliphatic rings. The molecule has 1 aromatic rings. The molecule has 0 saturated heterocycles. The van der Waals surface area contributed by atoms with Gasteiger partial charge in [0.25, 0.3) is 0 Å². The van der Waals surface area contributed by atoms with Crippen LogP contribution in [-0.4, -0.2) is 15.8 Å². The van der Waals surface area contributed by atoms with Crippen LogP contribution in [0.1, 0.15) is 24.7 Å². The van der Waals surface area contributed by atoms with Crippen molar-refractivity contribution in [1.82, 2.24) is 9.78 Å². The molecule has 2 rings (SSSR count). The lowest BCUT2D eigenvalue weighted by molar-refractivity contribution is 0.538. The molecule has 0 aliphatic heterocycles. The van der Waals surface area contributed by atoms with Crippen LogP contribution in [0.15, 0.2) is 6.07 Å². The summed E-state index contributed by atoms with van der Waals surface area (Å²) in [5.74, 6) is 1.57. The molecule has 3 atom stereocenters. The lowest BCUT2D eigenvalue weighted by Gasteiger charge is -2.10. The smallest absolute Gasteiger partial charge is 0.0596 e. The predicted molar refractivity (Wildman–Crippen MR) is 56.9 cm³/mol. The summed E-state index contributed by atoms with van der Waals surface area (Å²) in [6.45, 7) is 4.30. The first-order valence-corrected chi connectivity index (χ1v) is 5.33. The third-order valence-corrected chi connectivity index (χ3v) is 3.27. The summed E-state index contributed by atoms with van der Waals surface area (Å²) in [7, 11) is 1.99. The van der Waals surface area contributed by atoms with Crippen LogP contribution in [0.3, 0.4) is 0 Å². The molecule has 1 heterocycles. The van der Waals surface area contributed by atoms with Crippen LogP contribution >= 0.6 is 0 Å². The summed E-state index contributed by atoms with van der Waals surface area (Å²) in [4.78, 5) is 0. The summed E-state index contributed by atoms with van der Waals surface area (Å²) in [6, 6.07) is 2.45. The van der Waals surface area contributed by atoms with Gasteiger partial charge in [0.2, 0.25) is 0 Å². The highest BCUT2D eigenvalue weighted by Gasteiger charge is 2.37. The van der Waals surface area contributed by atoms with Crippen LogP contribution in [0.4, 0.5) is 0 Å². The SMILES string of the molecule is Cc1cc(CC(N)C2CC2C)n(C)n1. The number of rotatable bonds is 3. The van der Waals surface area contributed by atoms with E-state index in [1.165, 1.54) is 12.1 Å². The minimum absolute atomic E-state index is 0.319. The lowest BCUT2D eigenvalue weighted by Crippen LogP contribution is -2.27. The number of hydrogen-bond acceptors (Lipinski definition) is 2. The molecule has 1 aromatic heterocycles. The molecule has 0 aromatic carbocycles. The van der Waals surface area contributed by atoms with Crippen molar-refractivity contribution in [2.75, 3.05) is 0 Å². The fourth-order valence-corrected chi connectivity index (χ4v) is 2.20. The van der Waals surface area contributed by atoms with Gasteiger partial charge in [0.1, 0.15) is 0 Å². The maximum atomic E-state index is 6.14. The Labute approximate surface area is 85.3 Å². The van der Waals surface area contributed by atoms with Crippen LogP contribution in [0.25, 0.3) is 0 Å². The van der Waals surface area contributed by atoms with Crippen molar-refractivity contribution in [2.45, 2.75) is 32.7 Å². The predicted octanol–water partition coefficient (Wildman–Crippen LogP) is 1.25. The Morgan fingerprint density at radius 1 is 1.71 bits per heavy atom. The van der Waals surface area contributed by atoms with Crippen molar-refractivity contribution >= 4 is 0 Å². The fourth-order valence-electron chi connectivity index (χ4n) is 2.20. The highest BCUT2D eigenvalue weighted by Crippen LogP contribution is 2.40. The minimum Gasteiger partial charge on any atom is -0.327 e. The zero-order valence-electron chi connectivity index (χ0n) is 9.20. The molecule has 1 aliphatic carbocycles. The average molecular weight is 193 g/mol. The summed E-state index contributed by atoms with van der Waals surface area (Å²) in [5.41, 5.74) is 8.48. The van der Waals surface area contributed by atoms with E-state index in [0.29, 0.717) is 6.04 Å². The highest BCUT2D eigenvalue weighted by atomic mass is 15.3. The van der Waals surface area contributed by atoms with Crippen LogP contribution < -0.4 is 5.73 Å². The molecule has 78 valence electrons. The molecule has 0 radical (unpaired) electrons. The van der Waals surface area contributed by atoms with Gasteiger partial charge in [-0.25, -0.2) is 0 Å². The van der Waals surface area contributed by atoms with Gasteiger partial charge in [0.15, 0.2) is 0 Å². The Morgan fingerprint density at radius 2 is 2.36 bits per heavy atom. The summed E-state index contributed by atoms with van der Waals surface area (Å²) in [6.07, 6.45) is 2.27. The first-order chi connectivity index (χ1) is 6.58.